The Kier molecular flexibility index (Phi) is 11.2. The molecule has 0 aliphatic carbocycles. The van der Waals surface area contributed by atoms with E-state index >= 15 is 0 Å². The van der Waals surface area contributed by atoms with Crippen LogP contribution in [-0.4, -0.2) is 73.6 Å². The summed E-state index contributed by atoms with van der Waals surface area (Å²) in [4.78, 5) is 21.7. The lowest BCUT2D eigenvalue weighted by atomic mass is 9.96. The molecule has 38 heavy (non-hydrogen) atoms. The highest BCUT2D eigenvalue weighted by molar-refractivity contribution is 5.90. The number of aliphatic carboxylic acids is 2. The first kappa shape index (κ1) is 29.7. The van der Waals surface area contributed by atoms with E-state index in [1.165, 1.54) is 0 Å². The van der Waals surface area contributed by atoms with Crippen molar-refractivity contribution in [3.8, 4) is 11.5 Å². The molecule has 0 bridgehead atoms. The zero-order chi connectivity index (χ0) is 28.2. The summed E-state index contributed by atoms with van der Waals surface area (Å²) in [7, 11) is 6.98. The molecular formula is C26H34N6O6. The van der Waals surface area contributed by atoms with Crippen LogP contribution < -0.4 is 9.47 Å². The van der Waals surface area contributed by atoms with Crippen LogP contribution in [0.1, 0.15) is 37.8 Å². The number of benzene rings is 2. The van der Waals surface area contributed by atoms with E-state index in [2.05, 4.69) is 20.7 Å². The van der Waals surface area contributed by atoms with Gasteiger partial charge in [-0.05, 0) is 60.4 Å². The minimum Gasteiger partial charge on any atom is -0.491 e. The van der Waals surface area contributed by atoms with E-state index in [1.54, 1.807) is 50.3 Å². The normalized spacial score (nSPS) is 11.9. The summed E-state index contributed by atoms with van der Waals surface area (Å²) in [6, 6.07) is 10.9. The van der Waals surface area contributed by atoms with E-state index in [9.17, 15) is 9.59 Å². The minimum absolute atomic E-state index is 0.0121. The molecule has 0 fully saturated rings. The van der Waals surface area contributed by atoms with Gasteiger partial charge in [0.15, 0.2) is 0 Å². The van der Waals surface area contributed by atoms with Crippen LogP contribution in [0.5, 0.6) is 11.5 Å². The van der Waals surface area contributed by atoms with Crippen LogP contribution in [0, 0.1) is 0 Å². The van der Waals surface area contributed by atoms with E-state index in [0.717, 1.165) is 22.3 Å². The number of rotatable bonds is 14. The highest BCUT2D eigenvalue weighted by atomic mass is 16.5. The smallest absolute Gasteiger partial charge is 0.306 e. The van der Waals surface area contributed by atoms with Crippen molar-refractivity contribution in [2.24, 2.45) is 20.7 Å². The van der Waals surface area contributed by atoms with E-state index in [-0.39, 0.29) is 26.1 Å². The Morgan fingerprint density at radius 2 is 1.08 bits per heavy atom. The lowest BCUT2D eigenvalue weighted by Crippen LogP contribution is -2.05. The van der Waals surface area contributed by atoms with Gasteiger partial charge in [-0.2, -0.15) is 0 Å². The van der Waals surface area contributed by atoms with Crippen molar-refractivity contribution >= 4 is 34.5 Å². The van der Waals surface area contributed by atoms with Crippen molar-refractivity contribution in [2.45, 2.75) is 26.7 Å². The Bertz CT molecular complexity index is 1130. The largest absolute Gasteiger partial charge is 0.491 e. The summed E-state index contributed by atoms with van der Waals surface area (Å²) >= 11 is 0. The topological polar surface area (TPSA) is 149 Å². The second-order valence-electron chi connectivity index (χ2n) is 8.67. The minimum atomic E-state index is -0.949. The monoisotopic (exact) mass is 526 g/mol. The lowest BCUT2D eigenvalue weighted by molar-refractivity contribution is -0.138. The Labute approximate surface area is 221 Å². The summed E-state index contributed by atoms with van der Waals surface area (Å²) in [5.41, 5.74) is 4.60. The predicted molar refractivity (Wildman–Crippen MR) is 143 cm³/mol. The van der Waals surface area contributed by atoms with Gasteiger partial charge in [0.05, 0.1) is 26.1 Å². The summed E-state index contributed by atoms with van der Waals surface area (Å²) < 4.78 is 11.3. The van der Waals surface area contributed by atoms with Crippen molar-refractivity contribution in [3.63, 3.8) is 0 Å². The van der Waals surface area contributed by atoms with Crippen LogP contribution in [0.3, 0.4) is 0 Å². The second-order valence-corrected chi connectivity index (χ2v) is 8.67. The number of ether oxygens (including phenoxy) is 2. The van der Waals surface area contributed by atoms with Gasteiger partial charge in [-0.25, -0.2) is 0 Å². The van der Waals surface area contributed by atoms with Crippen molar-refractivity contribution in [3.05, 3.63) is 47.5 Å². The summed E-state index contributed by atoms with van der Waals surface area (Å²) in [5, 5.41) is 37.5. The van der Waals surface area contributed by atoms with Gasteiger partial charge in [-0.3, -0.25) is 19.6 Å². The Morgan fingerprint density at radius 3 is 1.39 bits per heavy atom. The number of carbonyl (C=O) groups is 2. The molecule has 0 saturated carbocycles. The average molecular weight is 527 g/mol. The highest BCUT2D eigenvalue weighted by Crippen LogP contribution is 2.37. The van der Waals surface area contributed by atoms with Gasteiger partial charge < -0.3 is 19.7 Å². The average Bonchev–Trinajstić information content (AvgIpc) is 2.85. The molecule has 0 spiro atoms. The molecule has 2 aromatic rings. The van der Waals surface area contributed by atoms with Gasteiger partial charge >= 0.3 is 11.9 Å². The van der Waals surface area contributed by atoms with Crippen molar-refractivity contribution in [2.75, 3.05) is 41.4 Å². The van der Waals surface area contributed by atoms with E-state index in [0.29, 0.717) is 22.9 Å². The van der Waals surface area contributed by atoms with Crippen LogP contribution in [0.25, 0.3) is 11.1 Å². The third kappa shape index (κ3) is 9.52. The number of carboxylic acids is 2. The third-order valence-electron chi connectivity index (χ3n) is 5.16. The van der Waals surface area contributed by atoms with E-state index < -0.39 is 11.9 Å². The number of hydrogen-bond donors (Lipinski definition) is 2. The molecule has 0 aliphatic rings. The number of allylic oxidation sites excluding steroid dienone is 2. The van der Waals surface area contributed by atoms with Crippen molar-refractivity contribution in [1.29, 1.82) is 0 Å². The molecule has 2 rings (SSSR count). The van der Waals surface area contributed by atoms with Gasteiger partial charge in [0, 0.05) is 28.2 Å². The lowest BCUT2D eigenvalue weighted by Gasteiger charge is -2.14. The molecule has 2 N–H and O–H groups in total. The molecule has 0 heterocycles. The molecule has 0 unspecified atom stereocenters. The summed E-state index contributed by atoms with van der Waals surface area (Å²) in [6.07, 6.45) is -0.263. The first-order valence-corrected chi connectivity index (χ1v) is 11.8. The molecule has 0 saturated heterocycles. The van der Waals surface area contributed by atoms with Crippen LogP contribution in [0.4, 0.5) is 11.4 Å². The predicted octanol–water partition coefficient (Wildman–Crippen LogP) is 5.46. The molecule has 12 nitrogen and oxygen atoms in total. The van der Waals surface area contributed by atoms with Crippen LogP contribution in [0.15, 0.2) is 57.1 Å². The fourth-order valence-corrected chi connectivity index (χ4v) is 3.11. The van der Waals surface area contributed by atoms with Gasteiger partial charge in [0.2, 0.25) is 0 Å². The maximum Gasteiger partial charge on any atom is 0.306 e. The van der Waals surface area contributed by atoms with Crippen LogP contribution in [0.2, 0.25) is 0 Å². The van der Waals surface area contributed by atoms with Crippen LogP contribution >= 0.6 is 0 Å². The molecule has 0 aromatic heterocycles. The van der Waals surface area contributed by atoms with Crippen molar-refractivity contribution < 1.29 is 29.3 Å². The molecule has 0 radical (unpaired) electrons. The Morgan fingerprint density at radius 1 is 0.711 bits per heavy atom. The zero-order valence-electron chi connectivity index (χ0n) is 22.5. The second kappa shape index (κ2) is 14.3. The molecule has 12 heteroatoms. The summed E-state index contributed by atoms with van der Waals surface area (Å²) in [5.74, 6) is -1.04. The molecule has 0 atom stereocenters. The maximum absolute atomic E-state index is 10.9. The SMILES string of the molecule is CC(=C(C)c1ccc(OCCC(=O)O)c(N=NN(C)C)c1)c1ccc(OCCC(=O)O)c(N=NN(C)C)c1. The number of hydrogen-bond acceptors (Lipinski definition) is 8. The quantitative estimate of drug-likeness (QED) is 0.187. The third-order valence-corrected chi connectivity index (χ3v) is 5.16. The molecule has 204 valence electrons. The fraction of sp³-hybridized carbons (Fsp3) is 0.385. The highest BCUT2D eigenvalue weighted by Gasteiger charge is 2.13. The molecular weight excluding hydrogens is 492 g/mol. The zero-order valence-corrected chi connectivity index (χ0v) is 22.5. The Balaban J connectivity index is 2.45. The van der Waals surface area contributed by atoms with Crippen molar-refractivity contribution in [1.82, 2.24) is 10.0 Å². The molecule has 0 aliphatic heterocycles. The van der Waals surface area contributed by atoms with Gasteiger partial charge in [0.1, 0.15) is 22.9 Å². The number of carboxylic acid groups (broad SMARTS) is 2. The van der Waals surface area contributed by atoms with E-state index in [1.807, 2.05) is 38.1 Å². The van der Waals surface area contributed by atoms with Gasteiger partial charge in [0.25, 0.3) is 0 Å². The van der Waals surface area contributed by atoms with Gasteiger partial charge in [-0.15, -0.1) is 10.2 Å². The molecule has 2 aromatic carbocycles. The number of nitrogens with zero attached hydrogens (tertiary/aromatic N) is 6. The first-order chi connectivity index (χ1) is 18.0. The van der Waals surface area contributed by atoms with E-state index in [4.69, 9.17) is 19.7 Å². The molecule has 0 amide bonds. The maximum atomic E-state index is 10.9. The Hall–Kier alpha value is -4.48. The van der Waals surface area contributed by atoms with Crippen LogP contribution in [-0.2, 0) is 9.59 Å². The fourth-order valence-electron chi connectivity index (χ4n) is 3.11. The standard InChI is InChI=1S/C26H34N6O6/c1-17(19-7-9-23(37-13-11-25(33)34)21(15-19)27-29-31(3)4)18(2)20-8-10-24(38-14-12-26(35)36)22(16-20)28-30-32(5)6/h7-10,15-16H,11-14H2,1-6H3,(H,33,34)(H,35,36). The summed E-state index contributed by atoms with van der Waals surface area (Å²) in [6.45, 7) is 3.97. The first-order valence-electron chi connectivity index (χ1n) is 11.8. The van der Waals surface area contributed by atoms with Gasteiger partial charge in [-0.1, -0.05) is 22.6 Å².